The highest BCUT2D eigenvalue weighted by molar-refractivity contribution is 7.14. The molecule has 0 aliphatic carbocycles. The van der Waals surface area contributed by atoms with Gasteiger partial charge >= 0.3 is 0 Å². The van der Waals surface area contributed by atoms with Gasteiger partial charge in [0.05, 0.1) is 5.69 Å². The van der Waals surface area contributed by atoms with Crippen molar-refractivity contribution in [2.45, 2.75) is 40.0 Å². The monoisotopic (exact) mass is 397 g/mol. The van der Waals surface area contributed by atoms with E-state index in [1.165, 1.54) is 23.0 Å². The number of halogens is 1. The topological polar surface area (TPSA) is 32.3 Å². The van der Waals surface area contributed by atoms with Crippen LogP contribution in [-0.4, -0.2) is 5.11 Å². The van der Waals surface area contributed by atoms with E-state index in [-0.39, 0.29) is 5.75 Å². The molecule has 0 aliphatic heterocycles. The van der Waals surface area contributed by atoms with Gasteiger partial charge < -0.3 is 10.4 Å². The maximum Gasteiger partial charge on any atom is 0.135 e. The highest BCUT2D eigenvalue weighted by atomic mass is 32.1. The number of rotatable bonds is 9. The average Bonchev–Trinajstić information content (AvgIpc) is 3.07. The molecule has 0 saturated heterocycles. The van der Waals surface area contributed by atoms with E-state index in [0.717, 1.165) is 47.2 Å². The Morgan fingerprint density at radius 2 is 2.07 bits per heavy atom. The largest absolute Gasteiger partial charge is 0.508 e. The average molecular weight is 398 g/mol. The second kappa shape index (κ2) is 10.7. The predicted octanol–water partition coefficient (Wildman–Crippen LogP) is 7.91. The molecular formula is C24H28FNOS. The molecule has 0 bridgehead atoms. The van der Waals surface area contributed by atoms with Gasteiger partial charge in [0.2, 0.25) is 0 Å². The first-order valence-electron chi connectivity index (χ1n) is 9.50. The van der Waals surface area contributed by atoms with Gasteiger partial charge in [0, 0.05) is 33.1 Å². The lowest BCUT2D eigenvalue weighted by Crippen LogP contribution is -2.01. The number of phenols is 1. The van der Waals surface area contributed by atoms with E-state index in [9.17, 15) is 9.50 Å². The van der Waals surface area contributed by atoms with Gasteiger partial charge in [0.25, 0.3) is 0 Å². The summed E-state index contributed by atoms with van der Waals surface area (Å²) in [6.45, 7) is 10.1. The third kappa shape index (κ3) is 5.46. The van der Waals surface area contributed by atoms with Gasteiger partial charge in [-0.25, -0.2) is 4.39 Å². The van der Waals surface area contributed by atoms with Crippen molar-refractivity contribution >= 4 is 23.1 Å². The van der Waals surface area contributed by atoms with Crippen LogP contribution in [0.5, 0.6) is 5.75 Å². The van der Waals surface area contributed by atoms with Crippen molar-refractivity contribution < 1.29 is 9.50 Å². The second-order valence-electron chi connectivity index (χ2n) is 6.39. The predicted molar refractivity (Wildman–Crippen MR) is 121 cm³/mol. The van der Waals surface area contributed by atoms with E-state index < -0.39 is 5.82 Å². The van der Waals surface area contributed by atoms with Crippen LogP contribution in [0.25, 0.3) is 16.5 Å². The molecule has 2 aromatic rings. The first-order valence-corrected chi connectivity index (χ1v) is 10.4. The number of aromatic hydroxyl groups is 1. The summed E-state index contributed by atoms with van der Waals surface area (Å²) < 4.78 is 14.3. The molecule has 148 valence electrons. The van der Waals surface area contributed by atoms with Crippen LogP contribution in [0.4, 0.5) is 10.1 Å². The fourth-order valence-electron chi connectivity index (χ4n) is 3.02. The highest BCUT2D eigenvalue weighted by Gasteiger charge is 2.15. The summed E-state index contributed by atoms with van der Waals surface area (Å²) in [4.78, 5) is 0.800. The standard InChI is InChI=1S/C24H28FNOS/c1-5-9-17(7-3)11-12-18(10-6-2)26-23-16-28-24(20(23)8-4)21-14-13-19(27)15-22(21)25/h5,7-10,13-16,26-27H,4,6,11-12H2,1-3H3/b9-5-,17-7+,18-10?. The number of anilines is 1. The highest BCUT2D eigenvalue weighted by Crippen LogP contribution is 2.39. The van der Waals surface area contributed by atoms with Gasteiger partial charge in [-0.05, 0) is 45.2 Å². The molecule has 0 amide bonds. The molecule has 1 aromatic carbocycles. The molecule has 2 nitrogen and oxygen atoms in total. The van der Waals surface area contributed by atoms with E-state index in [0.29, 0.717) is 5.56 Å². The zero-order valence-electron chi connectivity index (χ0n) is 16.8. The first-order chi connectivity index (χ1) is 13.5. The van der Waals surface area contributed by atoms with Crippen LogP contribution in [-0.2, 0) is 0 Å². The Morgan fingerprint density at radius 3 is 2.68 bits per heavy atom. The number of hydrogen-bond donors (Lipinski definition) is 2. The molecule has 0 radical (unpaired) electrons. The normalized spacial score (nSPS) is 12.6. The van der Waals surface area contributed by atoms with Crippen molar-refractivity contribution in [3.05, 3.63) is 77.1 Å². The van der Waals surface area contributed by atoms with Crippen molar-refractivity contribution in [3.8, 4) is 16.2 Å². The van der Waals surface area contributed by atoms with Gasteiger partial charge in [-0.3, -0.25) is 0 Å². The molecule has 2 rings (SSSR count). The Bertz CT molecular complexity index is 905. The molecule has 0 atom stereocenters. The number of allylic oxidation sites excluding steroid dienone is 6. The fourth-order valence-corrected chi connectivity index (χ4v) is 4.05. The van der Waals surface area contributed by atoms with Crippen LogP contribution in [0.3, 0.4) is 0 Å². The first kappa shape index (κ1) is 21.7. The van der Waals surface area contributed by atoms with Crippen LogP contribution in [0.1, 0.15) is 45.6 Å². The van der Waals surface area contributed by atoms with E-state index in [1.54, 1.807) is 12.1 Å². The molecule has 1 aromatic heterocycles. The van der Waals surface area contributed by atoms with Crippen LogP contribution in [0, 0.1) is 5.82 Å². The summed E-state index contributed by atoms with van der Waals surface area (Å²) in [5.74, 6) is -0.518. The number of thiophene rings is 1. The summed E-state index contributed by atoms with van der Waals surface area (Å²) in [5.41, 5.74) is 4.71. The van der Waals surface area contributed by atoms with Crippen LogP contribution < -0.4 is 5.32 Å². The number of hydrogen-bond acceptors (Lipinski definition) is 3. The summed E-state index contributed by atoms with van der Waals surface area (Å²) in [6, 6.07) is 4.24. The van der Waals surface area contributed by atoms with E-state index in [1.807, 2.05) is 12.3 Å². The van der Waals surface area contributed by atoms with Gasteiger partial charge in [0.15, 0.2) is 0 Å². The molecule has 4 heteroatoms. The van der Waals surface area contributed by atoms with Gasteiger partial charge in [-0.15, -0.1) is 11.3 Å². The molecular weight excluding hydrogens is 369 g/mol. The van der Waals surface area contributed by atoms with Crippen molar-refractivity contribution in [2.24, 2.45) is 0 Å². The van der Waals surface area contributed by atoms with Gasteiger partial charge in [-0.2, -0.15) is 0 Å². The Balaban J connectivity index is 2.28. The number of phenolic OH excluding ortho intramolecular Hbond substituents is 1. The Morgan fingerprint density at radius 1 is 1.29 bits per heavy atom. The van der Waals surface area contributed by atoms with Crippen LogP contribution in [0.2, 0.25) is 0 Å². The van der Waals surface area contributed by atoms with Crippen molar-refractivity contribution in [1.82, 2.24) is 0 Å². The van der Waals surface area contributed by atoms with Crippen molar-refractivity contribution in [2.75, 3.05) is 5.32 Å². The quantitative estimate of drug-likeness (QED) is 0.421. The zero-order valence-corrected chi connectivity index (χ0v) is 17.6. The molecule has 1 heterocycles. The SMILES string of the molecule is C=Cc1c(NC(=CCC)CCC(/C=C\C)=C/C)csc1-c1ccc(O)cc1F. The molecule has 0 unspecified atom stereocenters. The molecule has 2 N–H and O–H groups in total. The summed E-state index contributed by atoms with van der Waals surface area (Å²) in [6.07, 6.45) is 13.0. The van der Waals surface area contributed by atoms with E-state index in [4.69, 9.17) is 0 Å². The van der Waals surface area contributed by atoms with Crippen LogP contribution >= 0.6 is 11.3 Å². The number of nitrogens with one attached hydrogen (secondary N) is 1. The van der Waals surface area contributed by atoms with E-state index >= 15 is 0 Å². The maximum atomic E-state index is 14.3. The van der Waals surface area contributed by atoms with Gasteiger partial charge in [-0.1, -0.05) is 49.5 Å². The van der Waals surface area contributed by atoms with Crippen molar-refractivity contribution in [1.29, 1.82) is 0 Å². The maximum absolute atomic E-state index is 14.3. The molecule has 28 heavy (non-hydrogen) atoms. The Hall–Kier alpha value is -2.59. The molecule has 0 aliphatic rings. The van der Waals surface area contributed by atoms with E-state index in [2.05, 4.69) is 50.0 Å². The van der Waals surface area contributed by atoms with Crippen LogP contribution in [0.15, 0.2) is 65.7 Å². The minimum atomic E-state index is -0.440. The minimum absolute atomic E-state index is 0.0783. The lowest BCUT2D eigenvalue weighted by atomic mass is 10.1. The van der Waals surface area contributed by atoms with Gasteiger partial charge in [0.1, 0.15) is 11.6 Å². The Kier molecular flexibility index (Phi) is 8.27. The Labute approximate surface area is 171 Å². The fraction of sp³-hybridized carbons (Fsp3) is 0.250. The third-order valence-electron chi connectivity index (χ3n) is 4.41. The molecule has 0 spiro atoms. The minimum Gasteiger partial charge on any atom is -0.508 e. The zero-order chi connectivity index (χ0) is 20.5. The molecule has 0 fully saturated rings. The van der Waals surface area contributed by atoms with Crippen molar-refractivity contribution in [3.63, 3.8) is 0 Å². The third-order valence-corrected chi connectivity index (χ3v) is 5.44. The lowest BCUT2D eigenvalue weighted by molar-refractivity contribution is 0.469. The molecule has 0 saturated carbocycles. The lowest BCUT2D eigenvalue weighted by Gasteiger charge is -2.12. The number of benzene rings is 1. The smallest absolute Gasteiger partial charge is 0.135 e. The second-order valence-corrected chi connectivity index (χ2v) is 7.27. The summed E-state index contributed by atoms with van der Waals surface area (Å²) in [5, 5.41) is 15.0. The summed E-state index contributed by atoms with van der Waals surface area (Å²) in [7, 11) is 0. The summed E-state index contributed by atoms with van der Waals surface area (Å²) >= 11 is 1.47.